The summed E-state index contributed by atoms with van der Waals surface area (Å²) in [4.78, 5) is 62.5. The molecule has 0 radical (unpaired) electrons. The molecule has 4 N–H and O–H groups in total. The number of fused-ring (bicyclic) bond motifs is 1. The summed E-state index contributed by atoms with van der Waals surface area (Å²) in [7, 11) is 1.54. The molecule has 3 aromatic heterocycles. The third-order valence-electron chi connectivity index (χ3n) is 8.88. The number of alkyl carbamates (subject to hydrolysis) is 1. The zero-order valence-corrected chi connectivity index (χ0v) is 32.6. The Labute approximate surface area is 333 Å². The van der Waals surface area contributed by atoms with Crippen LogP contribution in [0.3, 0.4) is 0 Å². The van der Waals surface area contributed by atoms with Gasteiger partial charge in [0.2, 0.25) is 11.8 Å². The third kappa shape index (κ3) is 11.5. The first kappa shape index (κ1) is 40.5. The minimum absolute atomic E-state index is 0.00387. The van der Waals surface area contributed by atoms with Crippen molar-refractivity contribution in [3.63, 3.8) is 0 Å². The number of pyridine rings is 2. The molecule has 14 nitrogen and oxygen atoms in total. The topological polar surface area (TPSA) is 173 Å². The van der Waals surface area contributed by atoms with Crippen LogP contribution in [0.4, 0.5) is 19.7 Å². The lowest BCUT2D eigenvalue weighted by atomic mass is 10.0. The number of hydrogen-bond acceptors (Lipinski definition) is 10. The lowest BCUT2D eigenvalue weighted by Crippen LogP contribution is -2.53. The van der Waals surface area contributed by atoms with Crippen molar-refractivity contribution in [3.8, 4) is 22.1 Å². The minimum Gasteiger partial charge on any atom is -0.453 e. The molecule has 16 heteroatoms. The van der Waals surface area contributed by atoms with Crippen LogP contribution in [-0.2, 0) is 32.2 Å². The van der Waals surface area contributed by atoms with Crippen LogP contribution in [-0.4, -0.2) is 77.7 Å². The van der Waals surface area contributed by atoms with Crippen LogP contribution in [0.5, 0.6) is 11.5 Å². The number of nitrogens with zero attached hydrogens (tertiary/aromatic N) is 3. The average molecular weight is 798 g/mol. The maximum absolute atomic E-state index is 15.1. The molecule has 298 valence electrons. The van der Waals surface area contributed by atoms with Gasteiger partial charge in [0, 0.05) is 56.5 Å². The molecule has 1 atom stereocenters. The molecule has 5 amide bonds. The summed E-state index contributed by atoms with van der Waals surface area (Å²) in [5.74, 6) is -1.33. The molecule has 1 aliphatic carbocycles. The summed E-state index contributed by atoms with van der Waals surface area (Å²) in [6.45, 7) is 4.09. The fourth-order valence-corrected chi connectivity index (χ4v) is 6.74. The van der Waals surface area contributed by atoms with E-state index in [1.165, 1.54) is 23.5 Å². The lowest BCUT2D eigenvalue weighted by Gasteiger charge is -2.30. The van der Waals surface area contributed by atoms with E-state index < -0.39 is 23.9 Å². The number of aromatic nitrogens is 2. The molecular weight excluding hydrogens is 754 g/mol. The van der Waals surface area contributed by atoms with Gasteiger partial charge < -0.3 is 40.4 Å². The second kappa shape index (κ2) is 19.1. The highest BCUT2D eigenvalue weighted by Crippen LogP contribution is 2.39. The van der Waals surface area contributed by atoms with E-state index in [4.69, 9.17) is 14.2 Å². The fraction of sp³-hybridized carbons (Fsp3) is 0.317. The van der Waals surface area contributed by atoms with Gasteiger partial charge in [-0.3, -0.25) is 19.6 Å². The van der Waals surface area contributed by atoms with Gasteiger partial charge in [-0.2, -0.15) is 0 Å². The number of urea groups is 1. The van der Waals surface area contributed by atoms with Crippen LogP contribution in [0.2, 0.25) is 0 Å². The predicted molar refractivity (Wildman–Crippen MR) is 213 cm³/mol. The normalized spacial score (nSPS) is 12.8. The Morgan fingerprint density at radius 2 is 1.77 bits per heavy atom. The van der Waals surface area contributed by atoms with Crippen LogP contribution in [0, 0.1) is 11.7 Å². The Morgan fingerprint density at radius 3 is 2.47 bits per heavy atom. The van der Waals surface area contributed by atoms with Gasteiger partial charge in [0.05, 0.1) is 27.4 Å². The second-order valence-corrected chi connectivity index (χ2v) is 14.8. The van der Waals surface area contributed by atoms with E-state index in [-0.39, 0.29) is 62.5 Å². The van der Waals surface area contributed by atoms with Crippen molar-refractivity contribution in [2.45, 2.75) is 51.9 Å². The Bertz CT molecular complexity index is 2180. The van der Waals surface area contributed by atoms with E-state index in [0.29, 0.717) is 27.3 Å². The van der Waals surface area contributed by atoms with Crippen LogP contribution < -0.4 is 26.0 Å². The van der Waals surface area contributed by atoms with Crippen molar-refractivity contribution in [3.05, 3.63) is 102 Å². The molecule has 0 bridgehead atoms. The number of halogens is 1. The molecule has 1 aliphatic rings. The van der Waals surface area contributed by atoms with Crippen molar-refractivity contribution < 1.29 is 37.8 Å². The summed E-state index contributed by atoms with van der Waals surface area (Å²) >= 11 is 1.39. The molecule has 57 heavy (non-hydrogen) atoms. The van der Waals surface area contributed by atoms with Gasteiger partial charge >= 0.3 is 12.1 Å². The summed E-state index contributed by atoms with van der Waals surface area (Å²) < 4.78 is 32.2. The molecule has 3 heterocycles. The largest absolute Gasteiger partial charge is 0.453 e. The number of nitrogens with one attached hydrogen (secondary N) is 4. The van der Waals surface area contributed by atoms with Gasteiger partial charge in [-0.05, 0) is 54.2 Å². The predicted octanol–water partition coefficient (Wildman–Crippen LogP) is 6.62. The molecule has 5 aromatic rings. The van der Waals surface area contributed by atoms with Crippen LogP contribution in [0.1, 0.15) is 37.8 Å². The highest BCUT2D eigenvalue weighted by atomic mass is 32.1. The van der Waals surface area contributed by atoms with Crippen molar-refractivity contribution in [2.75, 3.05) is 32.1 Å². The second-order valence-electron chi connectivity index (χ2n) is 13.8. The van der Waals surface area contributed by atoms with Gasteiger partial charge in [-0.1, -0.05) is 50.2 Å². The standard InChI is InChI=1S/C41H44FN7O7S/c1-25(2)37(48-36(50)22-45-41(53)55-24-26-7-5-4-6-8-26)39(51)49(17-18-54-3)23-27-9-13-31(44-21-27)35-20-32-38(57-35)34(15-16-43-32)56-33-14-12-29(19-30(33)42)47-40(52)46-28-10-11-28/h4-9,12-16,19-21,25,28,37H,10-11,17-18,22-24H2,1-3H3,(H,45,53)(H,48,50)(H2,46,47,52). The van der Waals surface area contributed by atoms with E-state index in [9.17, 15) is 19.2 Å². The quantitative estimate of drug-likeness (QED) is 0.0807. The van der Waals surface area contributed by atoms with Crippen molar-refractivity contribution in [1.29, 1.82) is 0 Å². The number of amides is 5. The average Bonchev–Trinajstić information content (AvgIpc) is 3.91. The molecule has 1 unspecified atom stereocenters. The zero-order chi connectivity index (χ0) is 40.3. The lowest BCUT2D eigenvalue weighted by molar-refractivity contribution is -0.138. The summed E-state index contributed by atoms with van der Waals surface area (Å²) in [5.41, 5.74) is 3.18. The molecular formula is C41H44FN7O7S. The van der Waals surface area contributed by atoms with E-state index in [2.05, 4.69) is 31.2 Å². The molecule has 2 aromatic carbocycles. The monoisotopic (exact) mass is 797 g/mol. The highest BCUT2D eigenvalue weighted by Gasteiger charge is 2.29. The number of benzene rings is 2. The fourth-order valence-electron chi connectivity index (χ4n) is 5.70. The Kier molecular flexibility index (Phi) is 13.6. The van der Waals surface area contributed by atoms with Crippen molar-refractivity contribution >= 4 is 51.2 Å². The number of ether oxygens (including phenoxy) is 3. The first-order valence-corrected chi connectivity index (χ1v) is 19.3. The highest BCUT2D eigenvalue weighted by molar-refractivity contribution is 7.22. The maximum Gasteiger partial charge on any atom is 0.407 e. The van der Waals surface area contributed by atoms with Crippen molar-refractivity contribution in [1.82, 2.24) is 30.8 Å². The van der Waals surface area contributed by atoms with Gasteiger partial charge in [0.25, 0.3) is 0 Å². The first-order valence-electron chi connectivity index (χ1n) is 18.5. The van der Waals surface area contributed by atoms with E-state index in [1.807, 2.05) is 62.4 Å². The Morgan fingerprint density at radius 1 is 0.965 bits per heavy atom. The van der Waals surface area contributed by atoms with Gasteiger partial charge in [0.1, 0.15) is 24.9 Å². The molecule has 0 aliphatic heterocycles. The SMILES string of the molecule is COCCN(Cc1ccc(-c2cc3nccc(Oc4ccc(NC(=O)NC5CC5)cc4F)c3s2)nc1)C(=O)C(NC(=O)CNC(=O)OCc1ccccc1)C(C)C. The zero-order valence-electron chi connectivity index (χ0n) is 31.8. The third-order valence-corrected chi connectivity index (χ3v) is 10.0. The smallest absolute Gasteiger partial charge is 0.407 e. The minimum atomic E-state index is -0.868. The molecule has 1 saturated carbocycles. The maximum atomic E-state index is 15.1. The van der Waals surface area contributed by atoms with Crippen molar-refractivity contribution in [2.24, 2.45) is 5.92 Å². The van der Waals surface area contributed by atoms with E-state index in [1.54, 1.807) is 36.5 Å². The van der Waals surface area contributed by atoms with Gasteiger partial charge in [0.15, 0.2) is 11.6 Å². The number of thiophene rings is 1. The molecule has 1 fully saturated rings. The number of carbonyl (C=O) groups excluding carboxylic acids is 4. The summed E-state index contributed by atoms with van der Waals surface area (Å²) in [5, 5.41) is 10.6. The molecule has 0 saturated heterocycles. The van der Waals surface area contributed by atoms with E-state index >= 15 is 4.39 Å². The van der Waals surface area contributed by atoms with Crippen LogP contribution >= 0.6 is 11.3 Å². The molecule has 0 spiro atoms. The van der Waals surface area contributed by atoms with Gasteiger partial charge in [-0.15, -0.1) is 11.3 Å². The van der Waals surface area contributed by atoms with E-state index in [0.717, 1.165) is 28.8 Å². The summed E-state index contributed by atoms with van der Waals surface area (Å²) in [6.07, 6.45) is 4.40. The van der Waals surface area contributed by atoms with Crippen LogP contribution in [0.25, 0.3) is 20.8 Å². The number of hydrogen-bond donors (Lipinski definition) is 4. The Hall–Kier alpha value is -6.13. The first-order chi connectivity index (χ1) is 27.6. The summed E-state index contributed by atoms with van der Waals surface area (Å²) in [6, 6.07) is 19.6. The van der Waals surface area contributed by atoms with Crippen LogP contribution in [0.15, 0.2) is 85.2 Å². The number of methoxy groups -OCH3 is 1. The Balaban J connectivity index is 1.07. The number of anilines is 1. The van der Waals surface area contributed by atoms with Gasteiger partial charge in [-0.25, -0.2) is 14.0 Å². The number of carbonyl (C=O) groups is 4. The number of rotatable bonds is 17. The molecule has 6 rings (SSSR count).